The van der Waals surface area contributed by atoms with Gasteiger partial charge >= 0.3 is 0 Å². The van der Waals surface area contributed by atoms with Crippen LogP contribution in [0.4, 0.5) is 0 Å². The molecular weight excluding hydrogens is 304 g/mol. The van der Waals surface area contributed by atoms with Gasteiger partial charge in [0.15, 0.2) is 6.61 Å². The third kappa shape index (κ3) is 2.88. The Morgan fingerprint density at radius 2 is 1.88 bits per heavy atom. The van der Waals surface area contributed by atoms with Crippen molar-refractivity contribution in [2.75, 3.05) is 6.61 Å². The smallest absolute Gasteiger partial charge is 0.261 e. The van der Waals surface area contributed by atoms with Crippen molar-refractivity contribution in [1.82, 2.24) is 19.9 Å². The summed E-state index contributed by atoms with van der Waals surface area (Å²) in [6.45, 7) is 2.13. The van der Waals surface area contributed by atoms with Gasteiger partial charge in [0.05, 0.1) is 18.4 Å². The summed E-state index contributed by atoms with van der Waals surface area (Å²) in [5.41, 5.74) is 1.13. The Morgan fingerprint density at radius 1 is 1.17 bits per heavy atom. The van der Waals surface area contributed by atoms with E-state index in [-0.39, 0.29) is 24.6 Å². The normalized spacial score (nSPS) is 25.7. The first-order valence-electron chi connectivity index (χ1n) is 8.57. The van der Waals surface area contributed by atoms with Crippen molar-refractivity contribution in [3.05, 3.63) is 42.2 Å². The number of nitrogens with zero attached hydrogens (tertiary/aromatic N) is 4. The summed E-state index contributed by atoms with van der Waals surface area (Å²) in [5, 5.41) is 8.54. The minimum atomic E-state index is 0.0934. The Hall–Kier alpha value is -2.37. The molecule has 2 bridgehead atoms. The third-order valence-corrected chi connectivity index (χ3v) is 5.11. The number of hydrogen-bond donors (Lipinski definition) is 0. The number of carbonyl (C=O) groups excluding carboxylic acids is 1. The molecule has 0 aliphatic carbocycles. The second kappa shape index (κ2) is 6.26. The molecule has 1 amide bonds. The van der Waals surface area contributed by atoms with Gasteiger partial charge in [0.1, 0.15) is 5.75 Å². The number of fused-ring (bicyclic) bond motifs is 2. The highest BCUT2D eigenvalue weighted by Gasteiger charge is 2.44. The molecule has 4 rings (SSSR count). The number of carbonyl (C=O) groups is 1. The first-order valence-corrected chi connectivity index (χ1v) is 8.57. The van der Waals surface area contributed by atoms with Gasteiger partial charge in [0.25, 0.3) is 5.91 Å². The van der Waals surface area contributed by atoms with E-state index >= 15 is 0 Å². The fraction of sp³-hybridized carbons (Fsp3) is 0.500. The Balaban J connectivity index is 1.39. The number of piperidine rings is 1. The van der Waals surface area contributed by atoms with E-state index in [0.717, 1.165) is 37.0 Å². The maximum absolute atomic E-state index is 12.7. The van der Waals surface area contributed by atoms with E-state index in [0.29, 0.717) is 6.04 Å². The highest BCUT2D eigenvalue weighted by Crippen LogP contribution is 2.40. The van der Waals surface area contributed by atoms with Gasteiger partial charge < -0.3 is 9.64 Å². The number of ether oxygens (including phenoxy) is 1. The maximum Gasteiger partial charge on any atom is 0.261 e. The van der Waals surface area contributed by atoms with E-state index in [9.17, 15) is 4.79 Å². The number of rotatable bonds is 4. The van der Waals surface area contributed by atoms with Crippen molar-refractivity contribution >= 4 is 5.91 Å². The van der Waals surface area contributed by atoms with Gasteiger partial charge in [-0.3, -0.25) is 4.79 Å². The summed E-state index contributed by atoms with van der Waals surface area (Å²) in [5.74, 6) is 0.849. The fourth-order valence-corrected chi connectivity index (χ4v) is 4.08. The Morgan fingerprint density at radius 3 is 2.54 bits per heavy atom. The van der Waals surface area contributed by atoms with Crippen molar-refractivity contribution in [3.63, 3.8) is 0 Å². The van der Waals surface area contributed by atoms with Gasteiger partial charge in [0.2, 0.25) is 0 Å². The first kappa shape index (κ1) is 15.2. The summed E-state index contributed by atoms with van der Waals surface area (Å²) in [6, 6.07) is 8.69. The average Bonchev–Trinajstić information content (AvgIpc) is 3.20. The zero-order valence-corrected chi connectivity index (χ0v) is 13.8. The topological polar surface area (TPSA) is 60.2 Å². The molecule has 2 aliphatic rings. The largest absolute Gasteiger partial charge is 0.484 e. The summed E-state index contributed by atoms with van der Waals surface area (Å²) < 4.78 is 5.70. The molecule has 0 N–H and O–H groups in total. The predicted octanol–water partition coefficient (Wildman–Crippen LogP) is 2.36. The zero-order valence-electron chi connectivity index (χ0n) is 13.8. The molecule has 0 saturated carbocycles. The third-order valence-electron chi connectivity index (χ3n) is 5.11. The molecule has 0 spiro atoms. The number of aryl methyl sites for hydroxylation is 1. The maximum atomic E-state index is 12.7. The summed E-state index contributed by atoms with van der Waals surface area (Å²) in [7, 11) is 0. The van der Waals surface area contributed by atoms with E-state index in [1.807, 2.05) is 31.2 Å². The van der Waals surface area contributed by atoms with Crippen molar-refractivity contribution < 1.29 is 9.53 Å². The molecule has 126 valence electrons. The van der Waals surface area contributed by atoms with E-state index in [1.165, 1.54) is 0 Å². The van der Waals surface area contributed by atoms with Crippen LogP contribution in [0.5, 0.6) is 5.75 Å². The van der Waals surface area contributed by atoms with Crippen LogP contribution in [0.3, 0.4) is 0 Å². The molecule has 1 aromatic carbocycles. The van der Waals surface area contributed by atoms with Gasteiger partial charge in [0, 0.05) is 12.1 Å². The summed E-state index contributed by atoms with van der Waals surface area (Å²) in [6.07, 6.45) is 7.43. The molecule has 0 radical (unpaired) electrons. The fourth-order valence-electron chi connectivity index (χ4n) is 4.08. The zero-order chi connectivity index (χ0) is 16.5. The van der Waals surface area contributed by atoms with Gasteiger partial charge in [-0.15, -0.1) is 0 Å². The molecule has 6 heteroatoms. The van der Waals surface area contributed by atoms with Crippen molar-refractivity contribution in [3.8, 4) is 5.75 Å². The molecule has 24 heavy (non-hydrogen) atoms. The minimum Gasteiger partial charge on any atom is -0.484 e. The van der Waals surface area contributed by atoms with Gasteiger partial charge in [-0.1, -0.05) is 12.1 Å². The average molecular weight is 326 g/mol. The quantitative estimate of drug-likeness (QED) is 0.865. The van der Waals surface area contributed by atoms with E-state index in [1.54, 1.807) is 17.2 Å². The molecular formula is C18H22N4O2. The Bertz CT molecular complexity index is 702. The van der Waals surface area contributed by atoms with Crippen LogP contribution in [0, 0.1) is 6.92 Å². The lowest BCUT2D eigenvalue weighted by atomic mass is 9.98. The minimum absolute atomic E-state index is 0.0934. The lowest BCUT2D eigenvalue weighted by molar-refractivity contribution is -0.138. The number of aromatic nitrogens is 3. The Labute approximate surface area is 141 Å². The van der Waals surface area contributed by atoms with Crippen molar-refractivity contribution in [2.24, 2.45) is 0 Å². The van der Waals surface area contributed by atoms with Gasteiger partial charge in [-0.05, 0) is 50.3 Å². The molecule has 3 heterocycles. The number of hydrogen-bond acceptors (Lipinski definition) is 4. The molecule has 2 atom stereocenters. The van der Waals surface area contributed by atoms with Gasteiger partial charge in [-0.25, -0.2) is 0 Å². The van der Waals surface area contributed by atoms with Crippen LogP contribution in [0.2, 0.25) is 0 Å². The summed E-state index contributed by atoms with van der Waals surface area (Å²) in [4.78, 5) is 16.5. The standard InChI is InChI=1S/C18H22N4O2/c1-13-3-2-4-17(9-13)24-12-18(23)21-14-5-6-15(21)11-16(10-14)22-19-7-8-20-22/h2-4,7-9,14-16H,5-6,10-12H2,1H3. The molecule has 2 aromatic rings. The predicted molar refractivity (Wildman–Crippen MR) is 88.6 cm³/mol. The lowest BCUT2D eigenvalue weighted by Crippen LogP contribution is -2.48. The lowest BCUT2D eigenvalue weighted by Gasteiger charge is -2.38. The van der Waals surface area contributed by atoms with Crippen LogP contribution in [0.1, 0.15) is 37.3 Å². The SMILES string of the molecule is Cc1cccc(OCC(=O)N2C3CCC2CC(n2nccn2)C3)c1. The molecule has 2 saturated heterocycles. The highest BCUT2D eigenvalue weighted by molar-refractivity contribution is 5.79. The monoisotopic (exact) mass is 326 g/mol. The number of benzene rings is 1. The van der Waals surface area contributed by atoms with Gasteiger partial charge in [-0.2, -0.15) is 15.0 Å². The molecule has 2 unspecified atom stereocenters. The van der Waals surface area contributed by atoms with Crippen LogP contribution in [0.15, 0.2) is 36.7 Å². The van der Waals surface area contributed by atoms with Crippen LogP contribution in [-0.2, 0) is 4.79 Å². The van der Waals surface area contributed by atoms with Crippen LogP contribution in [0.25, 0.3) is 0 Å². The number of amides is 1. The summed E-state index contributed by atoms with van der Waals surface area (Å²) >= 11 is 0. The van der Waals surface area contributed by atoms with Crippen molar-refractivity contribution in [2.45, 2.75) is 50.7 Å². The van der Waals surface area contributed by atoms with E-state index < -0.39 is 0 Å². The van der Waals surface area contributed by atoms with Crippen molar-refractivity contribution in [1.29, 1.82) is 0 Å². The van der Waals surface area contributed by atoms with E-state index in [2.05, 4.69) is 15.1 Å². The molecule has 6 nitrogen and oxygen atoms in total. The highest BCUT2D eigenvalue weighted by atomic mass is 16.5. The second-order valence-electron chi connectivity index (χ2n) is 6.77. The second-order valence-corrected chi connectivity index (χ2v) is 6.77. The van der Waals surface area contributed by atoms with E-state index in [4.69, 9.17) is 4.74 Å². The molecule has 1 aromatic heterocycles. The van der Waals surface area contributed by atoms with Crippen LogP contribution >= 0.6 is 0 Å². The van der Waals surface area contributed by atoms with Crippen LogP contribution in [-0.4, -0.2) is 44.5 Å². The molecule has 2 aliphatic heterocycles. The molecule has 2 fully saturated rings. The van der Waals surface area contributed by atoms with Crippen LogP contribution < -0.4 is 4.74 Å². The Kier molecular flexibility index (Phi) is 3.96. The first-order chi connectivity index (χ1) is 11.7.